The summed E-state index contributed by atoms with van der Waals surface area (Å²) < 4.78 is 10.4. The number of methoxy groups -OCH3 is 2. The summed E-state index contributed by atoms with van der Waals surface area (Å²) in [5.74, 6) is 0.626. The van der Waals surface area contributed by atoms with Crippen LogP contribution < -0.4 is 14.4 Å². The maximum Gasteiger partial charge on any atom is 0.245 e. The Morgan fingerprint density at radius 1 is 0.875 bits per heavy atom. The number of halogens is 2. The number of ketones is 1. The molecule has 0 saturated carbocycles. The Morgan fingerprint density at radius 2 is 1.44 bits per heavy atom. The van der Waals surface area contributed by atoms with Crippen molar-refractivity contribution in [2.24, 2.45) is 0 Å². The minimum Gasteiger partial charge on any atom is -0.497 e. The minimum atomic E-state index is -1.46. The van der Waals surface area contributed by atoms with Crippen molar-refractivity contribution in [3.63, 3.8) is 0 Å². The van der Waals surface area contributed by atoms with E-state index in [0.29, 0.717) is 27.8 Å². The van der Waals surface area contributed by atoms with Crippen LogP contribution in [0.5, 0.6) is 11.5 Å². The third-order valence-corrected chi connectivity index (χ3v) is 6.36. The number of ether oxygens (including phenoxy) is 2. The van der Waals surface area contributed by atoms with Crippen molar-refractivity contribution in [1.82, 2.24) is 0 Å². The highest BCUT2D eigenvalue weighted by Crippen LogP contribution is 2.44. The number of anilines is 1. The Labute approximate surface area is 196 Å². The molecule has 1 heterocycles. The Bertz CT molecular complexity index is 1190. The SMILES string of the molecule is COc1ccc(CN2C(=O)C(C)(c3ccc(OC)cc3)C(=O)c3c(Cl)cc(Cl)cc32)cc1. The van der Waals surface area contributed by atoms with Crippen LogP contribution in [0.15, 0.2) is 60.7 Å². The number of carbonyl (C=O) groups excluding carboxylic acids is 2. The first kappa shape index (κ1) is 22.2. The minimum absolute atomic E-state index is 0.212. The summed E-state index contributed by atoms with van der Waals surface area (Å²) in [5.41, 5.74) is 0.655. The first-order valence-electron chi connectivity index (χ1n) is 9.93. The lowest BCUT2D eigenvalue weighted by Crippen LogP contribution is -2.54. The van der Waals surface area contributed by atoms with E-state index in [9.17, 15) is 9.59 Å². The molecule has 7 heteroatoms. The highest BCUT2D eigenvalue weighted by Gasteiger charge is 2.51. The van der Waals surface area contributed by atoms with Crippen molar-refractivity contribution in [2.45, 2.75) is 18.9 Å². The topological polar surface area (TPSA) is 55.8 Å². The quantitative estimate of drug-likeness (QED) is 0.449. The number of carbonyl (C=O) groups is 2. The fourth-order valence-corrected chi connectivity index (χ4v) is 4.54. The van der Waals surface area contributed by atoms with Crippen LogP contribution in [0.3, 0.4) is 0 Å². The summed E-state index contributed by atoms with van der Waals surface area (Å²) in [7, 11) is 3.15. The van der Waals surface area contributed by atoms with Crippen molar-refractivity contribution in [3.8, 4) is 11.5 Å². The molecule has 0 radical (unpaired) electrons. The average molecular weight is 470 g/mol. The van der Waals surface area contributed by atoms with E-state index in [2.05, 4.69) is 0 Å². The molecule has 0 spiro atoms. The van der Waals surface area contributed by atoms with Gasteiger partial charge in [-0.15, -0.1) is 0 Å². The van der Waals surface area contributed by atoms with Crippen molar-refractivity contribution in [2.75, 3.05) is 19.1 Å². The molecule has 32 heavy (non-hydrogen) atoms. The van der Waals surface area contributed by atoms with Crippen LogP contribution in [0, 0.1) is 0 Å². The van der Waals surface area contributed by atoms with Crippen LogP contribution >= 0.6 is 23.2 Å². The van der Waals surface area contributed by atoms with E-state index in [1.165, 1.54) is 6.07 Å². The molecular formula is C25H21Cl2NO4. The fourth-order valence-electron chi connectivity index (χ4n) is 3.97. The molecule has 0 bridgehead atoms. The van der Waals surface area contributed by atoms with Crippen LogP contribution in [0.1, 0.15) is 28.4 Å². The average Bonchev–Trinajstić information content (AvgIpc) is 2.80. The summed E-state index contributed by atoms with van der Waals surface area (Å²) in [6.45, 7) is 1.87. The smallest absolute Gasteiger partial charge is 0.245 e. The van der Waals surface area contributed by atoms with Gasteiger partial charge >= 0.3 is 0 Å². The van der Waals surface area contributed by atoms with E-state index in [4.69, 9.17) is 32.7 Å². The Hall–Kier alpha value is -3.02. The molecule has 164 valence electrons. The van der Waals surface area contributed by atoms with Gasteiger partial charge in [0, 0.05) is 5.02 Å². The summed E-state index contributed by atoms with van der Waals surface area (Å²) in [4.78, 5) is 29.2. The molecule has 1 atom stereocenters. The summed E-state index contributed by atoms with van der Waals surface area (Å²) >= 11 is 12.7. The number of hydrogen-bond donors (Lipinski definition) is 0. The molecule has 1 aliphatic heterocycles. The summed E-state index contributed by atoms with van der Waals surface area (Å²) in [6.07, 6.45) is 0. The molecule has 3 aromatic carbocycles. The number of amides is 1. The molecule has 3 aromatic rings. The molecule has 0 N–H and O–H groups in total. The molecule has 4 rings (SSSR count). The van der Waals surface area contributed by atoms with Crippen molar-refractivity contribution in [1.29, 1.82) is 0 Å². The van der Waals surface area contributed by atoms with Gasteiger partial charge in [-0.05, 0) is 54.4 Å². The van der Waals surface area contributed by atoms with E-state index < -0.39 is 5.41 Å². The van der Waals surface area contributed by atoms with Crippen LogP contribution in [-0.4, -0.2) is 25.9 Å². The fraction of sp³-hybridized carbons (Fsp3) is 0.200. The van der Waals surface area contributed by atoms with Gasteiger partial charge in [0.25, 0.3) is 0 Å². The number of benzene rings is 3. The van der Waals surface area contributed by atoms with E-state index in [0.717, 1.165) is 5.56 Å². The Morgan fingerprint density at radius 3 is 2.00 bits per heavy atom. The van der Waals surface area contributed by atoms with Crippen LogP contribution in [0.2, 0.25) is 10.0 Å². The zero-order valence-corrected chi connectivity index (χ0v) is 19.3. The van der Waals surface area contributed by atoms with Gasteiger partial charge in [-0.2, -0.15) is 0 Å². The van der Waals surface area contributed by atoms with E-state index in [-0.39, 0.29) is 28.8 Å². The standard InChI is InChI=1S/C25H21Cl2NO4/c1-25(16-6-10-19(32-3)11-7-16)23(29)22-20(27)12-17(26)13-21(22)28(24(25)30)14-15-4-8-18(31-2)9-5-15/h4-13H,14H2,1-3H3. The predicted molar refractivity (Wildman–Crippen MR) is 125 cm³/mol. The molecule has 0 aliphatic carbocycles. The molecule has 0 fully saturated rings. The van der Waals surface area contributed by atoms with E-state index >= 15 is 0 Å². The van der Waals surface area contributed by atoms with Crippen molar-refractivity contribution >= 4 is 40.6 Å². The number of nitrogens with zero attached hydrogens (tertiary/aromatic N) is 1. The lowest BCUT2D eigenvalue weighted by atomic mass is 9.72. The third-order valence-electron chi connectivity index (χ3n) is 5.85. The highest BCUT2D eigenvalue weighted by molar-refractivity contribution is 6.41. The number of hydrogen-bond acceptors (Lipinski definition) is 4. The van der Waals surface area contributed by atoms with Gasteiger partial charge < -0.3 is 14.4 Å². The van der Waals surface area contributed by atoms with E-state index in [1.54, 1.807) is 56.4 Å². The van der Waals surface area contributed by atoms with Gasteiger partial charge in [-0.1, -0.05) is 47.5 Å². The predicted octanol–water partition coefficient (Wildman–Crippen LogP) is 5.70. The highest BCUT2D eigenvalue weighted by atomic mass is 35.5. The van der Waals surface area contributed by atoms with Crippen LogP contribution in [0.25, 0.3) is 0 Å². The molecular weight excluding hydrogens is 449 g/mol. The third kappa shape index (κ3) is 3.61. The first-order chi connectivity index (χ1) is 15.3. The van der Waals surface area contributed by atoms with Crippen molar-refractivity contribution < 1.29 is 19.1 Å². The van der Waals surface area contributed by atoms with Crippen LogP contribution in [-0.2, 0) is 16.8 Å². The largest absolute Gasteiger partial charge is 0.497 e. The van der Waals surface area contributed by atoms with Gasteiger partial charge in [0.1, 0.15) is 16.9 Å². The molecule has 0 saturated heterocycles. The Balaban J connectivity index is 1.87. The first-order valence-corrected chi connectivity index (χ1v) is 10.7. The Kier molecular flexibility index (Phi) is 5.89. The monoisotopic (exact) mass is 469 g/mol. The zero-order valence-electron chi connectivity index (χ0n) is 17.8. The van der Waals surface area contributed by atoms with Gasteiger partial charge in [0.05, 0.1) is 37.0 Å². The maximum absolute atomic E-state index is 13.9. The number of Topliss-reactive ketones (excluding diaryl/α,β-unsaturated/α-hetero) is 1. The lowest BCUT2D eigenvalue weighted by molar-refractivity contribution is -0.122. The summed E-state index contributed by atoms with van der Waals surface area (Å²) in [6, 6.07) is 17.4. The van der Waals surface area contributed by atoms with E-state index in [1.807, 2.05) is 24.3 Å². The molecule has 5 nitrogen and oxygen atoms in total. The zero-order chi connectivity index (χ0) is 23.0. The van der Waals surface area contributed by atoms with Crippen LogP contribution in [0.4, 0.5) is 5.69 Å². The number of fused-ring (bicyclic) bond motifs is 1. The van der Waals surface area contributed by atoms with Crippen molar-refractivity contribution in [3.05, 3.63) is 87.4 Å². The second-order valence-electron chi connectivity index (χ2n) is 7.70. The lowest BCUT2D eigenvalue weighted by Gasteiger charge is -2.40. The molecule has 1 amide bonds. The van der Waals surface area contributed by atoms with Gasteiger partial charge in [0.15, 0.2) is 5.78 Å². The van der Waals surface area contributed by atoms with Gasteiger partial charge in [-0.25, -0.2) is 0 Å². The molecule has 1 aliphatic rings. The molecule has 0 aromatic heterocycles. The normalized spacial score (nSPS) is 17.8. The van der Waals surface area contributed by atoms with Gasteiger partial charge in [0.2, 0.25) is 5.91 Å². The summed E-state index contributed by atoms with van der Waals surface area (Å²) in [5, 5.41) is 0.562. The van der Waals surface area contributed by atoms with Gasteiger partial charge in [-0.3, -0.25) is 9.59 Å². The second kappa shape index (κ2) is 8.49. The second-order valence-corrected chi connectivity index (χ2v) is 8.55. The molecule has 1 unspecified atom stereocenters. The number of rotatable bonds is 5. The maximum atomic E-state index is 13.9.